The molecular formula is C12H10INO2S. The van der Waals surface area contributed by atoms with Crippen molar-refractivity contribution in [2.24, 2.45) is 0 Å². The Bertz CT molecular complexity index is 575. The van der Waals surface area contributed by atoms with Crippen molar-refractivity contribution in [2.45, 2.75) is 6.92 Å². The van der Waals surface area contributed by atoms with Crippen molar-refractivity contribution in [1.82, 2.24) is 0 Å². The van der Waals surface area contributed by atoms with Crippen LogP contribution in [0.25, 0.3) is 10.4 Å². The smallest absolute Gasteiger partial charge is 0.348 e. The number of thiophene rings is 1. The number of hydrogen-bond acceptors (Lipinski definition) is 3. The van der Waals surface area contributed by atoms with E-state index >= 15 is 0 Å². The van der Waals surface area contributed by atoms with Gasteiger partial charge in [-0.3, -0.25) is 0 Å². The van der Waals surface area contributed by atoms with Crippen LogP contribution in [0.4, 0.5) is 5.69 Å². The van der Waals surface area contributed by atoms with E-state index in [0.29, 0.717) is 5.69 Å². The Balaban J connectivity index is 2.56. The Morgan fingerprint density at radius 2 is 1.94 bits per heavy atom. The molecule has 0 aliphatic heterocycles. The molecule has 0 aliphatic carbocycles. The van der Waals surface area contributed by atoms with Crippen molar-refractivity contribution < 1.29 is 9.90 Å². The molecule has 0 amide bonds. The Labute approximate surface area is 116 Å². The van der Waals surface area contributed by atoms with Crippen molar-refractivity contribution in [3.05, 3.63) is 38.3 Å². The fraction of sp³-hybridized carbons (Fsp3) is 0.0833. The minimum Gasteiger partial charge on any atom is -0.477 e. The molecule has 17 heavy (non-hydrogen) atoms. The van der Waals surface area contributed by atoms with Crippen LogP contribution in [0.3, 0.4) is 0 Å². The lowest BCUT2D eigenvalue weighted by Gasteiger charge is -2.00. The first kappa shape index (κ1) is 12.4. The van der Waals surface area contributed by atoms with Gasteiger partial charge in [-0.2, -0.15) is 0 Å². The van der Waals surface area contributed by atoms with E-state index in [0.717, 1.165) is 19.6 Å². The minimum atomic E-state index is -0.965. The van der Waals surface area contributed by atoms with E-state index in [1.807, 2.05) is 31.2 Å². The molecule has 0 spiro atoms. The molecule has 0 unspecified atom stereocenters. The third-order valence-corrected chi connectivity index (χ3v) is 4.56. The van der Waals surface area contributed by atoms with Crippen LogP contribution in [0, 0.1) is 10.5 Å². The average Bonchev–Trinajstić information content (AvgIpc) is 2.58. The summed E-state index contributed by atoms with van der Waals surface area (Å²) in [5, 5.41) is 9.02. The zero-order valence-corrected chi connectivity index (χ0v) is 12.0. The highest BCUT2D eigenvalue weighted by molar-refractivity contribution is 14.1. The van der Waals surface area contributed by atoms with Crippen LogP contribution in [0.5, 0.6) is 0 Å². The van der Waals surface area contributed by atoms with Gasteiger partial charge in [-0.25, -0.2) is 4.79 Å². The summed E-state index contributed by atoms with van der Waals surface area (Å²) >= 11 is 3.46. The molecule has 0 saturated heterocycles. The third kappa shape index (κ3) is 2.30. The monoisotopic (exact) mass is 359 g/mol. The molecule has 0 aliphatic rings. The van der Waals surface area contributed by atoms with Gasteiger partial charge in [0, 0.05) is 8.45 Å². The molecule has 1 aromatic carbocycles. The van der Waals surface area contributed by atoms with Crippen LogP contribution in [0.2, 0.25) is 0 Å². The van der Waals surface area contributed by atoms with Crippen molar-refractivity contribution >= 4 is 45.6 Å². The largest absolute Gasteiger partial charge is 0.477 e. The number of aromatic carboxylic acids is 1. The quantitative estimate of drug-likeness (QED) is 0.806. The topological polar surface area (TPSA) is 63.3 Å². The molecule has 1 heterocycles. The van der Waals surface area contributed by atoms with Gasteiger partial charge < -0.3 is 10.8 Å². The SMILES string of the molecule is Cc1c(-c2ccc(I)cc2)sc(C(=O)O)c1N. The molecule has 3 N–H and O–H groups in total. The standard InChI is InChI=1S/C12H10INO2S/c1-6-9(14)11(12(15)16)17-10(6)7-2-4-8(13)5-3-7/h2-5H,14H2,1H3,(H,15,16). The first-order valence-electron chi connectivity index (χ1n) is 4.89. The molecule has 3 nitrogen and oxygen atoms in total. The summed E-state index contributed by atoms with van der Waals surface area (Å²) < 4.78 is 1.15. The molecule has 1 aromatic heterocycles. The van der Waals surface area contributed by atoms with Gasteiger partial charge in [0.2, 0.25) is 0 Å². The van der Waals surface area contributed by atoms with Crippen LogP contribution in [0.1, 0.15) is 15.2 Å². The molecule has 0 bridgehead atoms. The Hall–Kier alpha value is -1.08. The Morgan fingerprint density at radius 1 is 1.35 bits per heavy atom. The van der Waals surface area contributed by atoms with E-state index < -0.39 is 5.97 Å². The summed E-state index contributed by atoms with van der Waals surface area (Å²) in [5.74, 6) is -0.965. The Kier molecular flexibility index (Phi) is 3.39. The van der Waals surface area contributed by atoms with Crippen LogP contribution in [0.15, 0.2) is 24.3 Å². The predicted molar refractivity (Wildman–Crippen MR) is 78.6 cm³/mol. The van der Waals surface area contributed by atoms with Crippen LogP contribution in [-0.4, -0.2) is 11.1 Å². The minimum absolute atomic E-state index is 0.219. The lowest BCUT2D eigenvalue weighted by Crippen LogP contribution is -1.97. The number of anilines is 1. The molecule has 2 rings (SSSR count). The van der Waals surface area contributed by atoms with E-state index in [-0.39, 0.29) is 4.88 Å². The molecule has 0 fully saturated rings. The number of carbonyl (C=O) groups is 1. The highest BCUT2D eigenvalue weighted by Crippen LogP contribution is 2.38. The fourth-order valence-electron chi connectivity index (χ4n) is 1.56. The summed E-state index contributed by atoms with van der Waals surface area (Å²) in [6.07, 6.45) is 0. The fourth-order valence-corrected chi connectivity index (χ4v) is 2.99. The second-order valence-corrected chi connectivity index (χ2v) is 5.88. The second kappa shape index (κ2) is 4.66. The number of nitrogen functional groups attached to an aromatic ring is 1. The summed E-state index contributed by atoms with van der Waals surface area (Å²) in [7, 11) is 0. The van der Waals surface area contributed by atoms with Crippen molar-refractivity contribution in [2.75, 3.05) is 5.73 Å². The Morgan fingerprint density at radius 3 is 2.41 bits per heavy atom. The maximum atomic E-state index is 11.0. The maximum absolute atomic E-state index is 11.0. The molecule has 2 aromatic rings. The van der Waals surface area contributed by atoms with Gasteiger partial charge in [-0.1, -0.05) is 12.1 Å². The van der Waals surface area contributed by atoms with Gasteiger partial charge >= 0.3 is 5.97 Å². The zero-order valence-electron chi connectivity index (χ0n) is 9.03. The third-order valence-electron chi connectivity index (χ3n) is 2.49. The second-order valence-electron chi connectivity index (χ2n) is 3.61. The van der Waals surface area contributed by atoms with Gasteiger partial charge in [-0.05, 0) is 52.8 Å². The van der Waals surface area contributed by atoms with Gasteiger partial charge in [0.1, 0.15) is 4.88 Å². The number of nitrogens with two attached hydrogens (primary N) is 1. The summed E-state index contributed by atoms with van der Waals surface area (Å²) in [4.78, 5) is 12.1. The summed E-state index contributed by atoms with van der Waals surface area (Å²) in [5.41, 5.74) is 8.02. The van der Waals surface area contributed by atoms with E-state index in [2.05, 4.69) is 22.6 Å². The average molecular weight is 359 g/mol. The highest BCUT2D eigenvalue weighted by Gasteiger charge is 2.18. The first-order chi connectivity index (χ1) is 8.00. The predicted octanol–water partition coefficient (Wildman–Crippen LogP) is 3.61. The number of halogens is 1. The van der Waals surface area contributed by atoms with E-state index in [1.54, 1.807) is 0 Å². The van der Waals surface area contributed by atoms with Crippen molar-refractivity contribution in [3.63, 3.8) is 0 Å². The molecule has 0 atom stereocenters. The van der Waals surface area contributed by atoms with Gasteiger partial charge in [-0.15, -0.1) is 11.3 Å². The number of benzene rings is 1. The van der Waals surface area contributed by atoms with Crippen molar-refractivity contribution in [1.29, 1.82) is 0 Å². The lowest BCUT2D eigenvalue weighted by atomic mass is 10.1. The van der Waals surface area contributed by atoms with E-state index in [4.69, 9.17) is 10.8 Å². The van der Waals surface area contributed by atoms with Gasteiger partial charge in [0.15, 0.2) is 0 Å². The normalized spacial score (nSPS) is 10.5. The highest BCUT2D eigenvalue weighted by atomic mass is 127. The van der Waals surface area contributed by atoms with E-state index in [9.17, 15) is 4.79 Å². The van der Waals surface area contributed by atoms with Crippen LogP contribution in [-0.2, 0) is 0 Å². The molecule has 5 heteroatoms. The lowest BCUT2D eigenvalue weighted by molar-refractivity contribution is 0.0703. The van der Waals surface area contributed by atoms with Gasteiger partial charge in [0.05, 0.1) is 5.69 Å². The summed E-state index contributed by atoms with van der Waals surface area (Å²) in [6, 6.07) is 7.94. The number of hydrogen-bond donors (Lipinski definition) is 2. The first-order valence-corrected chi connectivity index (χ1v) is 6.78. The van der Waals surface area contributed by atoms with Crippen LogP contribution >= 0.6 is 33.9 Å². The van der Waals surface area contributed by atoms with Crippen molar-refractivity contribution in [3.8, 4) is 10.4 Å². The zero-order chi connectivity index (χ0) is 12.6. The maximum Gasteiger partial charge on any atom is 0.348 e. The number of carboxylic acids is 1. The number of carboxylic acid groups (broad SMARTS) is 1. The molecule has 0 radical (unpaired) electrons. The number of rotatable bonds is 2. The summed E-state index contributed by atoms with van der Waals surface area (Å²) in [6.45, 7) is 1.85. The molecule has 88 valence electrons. The molecular weight excluding hydrogens is 349 g/mol. The van der Waals surface area contributed by atoms with E-state index in [1.165, 1.54) is 11.3 Å². The van der Waals surface area contributed by atoms with Crippen LogP contribution < -0.4 is 5.73 Å². The molecule has 0 saturated carbocycles. The van der Waals surface area contributed by atoms with Gasteiger partial charge in [0.25, 0.3) is 0 Å².